The minimum Gasteiger partial charge on any atom is -0.466 e. The Morgan fingerprint density at radius 1 is 0.960 bits per heavy atom. The summed E-state index contributed by atoms with van der Waals surface area (Å²) in [5.41, 5.74) is 7.64. The van der Waals surface area contributed by atoms with Gasteiger partial charge in [0.1, 0.15) is 0 Å². The Balaban J connectivity index is 2.15. The van der Waals surface area contributed by atoms with Crippen LogP contribution in [-0.4, -0.2) is 13.1 Å². The molecule has 0 heterocycles. The van der Waals surface area contributed by atoms with Crippen molar-refractivity contribution in [1.29, 1.82) is 0 Å². The van der Waals surface area contributed by atoms with Gasteiger partial charge in [0, 0.05) is 28.5 Å². The van der Waals surface area contributed by atoms with Gasteiger partial charge in [-0.3, -0.25) is 0 Å². The van der Waals surface area contributed by atoms with Crippen LogP contribution >= 0.6 is 0 Å². The first kappa shape index (κ1) is 15.3. The van der Waals surface area contributed by atoms with E-state index in [-0.39, 0.29) is 17.8 Å². The number of methoxy groups -OCH3 is 1. The molecule has 3 aliphatic carbocycles. The smallest absolute Gasteiger partial charge is 0.334 e. The average molecular weight is 324 g/mol. The summed E-state index contributed by atoms with van der Waals surface area (Å²) >= 11 is 0. The minimum atomic E-state index is -0.304. The molecule has 2 heteroatoms. The van der Waals surface area contributed by atoms with Crippen LogP contribution in [0.15, 0.2) is 47.5 Å². The van der Waals surface area contributed by atoms with E-state index in [4.69, 9.17) is 17.6 Å². The fraction of sp³-hybridized carbons (Fsp3) is 0.174. The monoisotopic (exact) mass is 324 g/mol. The van der Waals surface area contributed by atoms with Gasteiger partial charge in [-0.05, 0) is 46.9 Å². The molecule has 0 N–H and O–H groups in total. The van der Waals surface area contributed by atoms with Gasteiger partial charge < -0.3 is 4.74 Å². The molecule has 0 saturated heterocycles. The van der Waals surface area contributed by atoms with Gasteiger partial charge in [0.2, 0.25) is 0 Å². The predicted octanol–water partition coefficient (Wildman–Crippen LogP) is 3.73. The van der Waals surface area contributed by atoms with Crippen molar-refractivity contribution in [2.75, 3.05) is 7.11 Å². The summed E-state index contributed by atoms with van der Waals surface area (Å²) in [6, 6.07) is 12.0. The van der Waals surface area contributed by atoms with Crippen molar-refractivity contribution in [3.05, 3.63) is 80.9 Å². The third kappa shape index (κ3) is 1.86. The molecule has 0 fully saturated rings. The second kappa shape index (κ2) is 5.40. The van der Waals surface area contributed by atoms with Gasteiger partial charge in [-0.2, -0.15) is 0 Å². The van der Waals surface area contributed by atoms with Crippen LogP contribution in [0, 0.1) is 24.7 Å². The van der Waals surface area contributed by atoms with E-state index in [2.05, 4.69) is 24.0 Å². The molecule has 25 heavy (non-hydrogen) atoms. The van der Waals surface area contributed by atoms with Gasteiger partial charge >= 0.3 is 5.97 Å². The summed E-state index contributed by atoms with van der Waals surface area (Å²) in [6.45, 7) is 1.99. The Labute approximate surface area is 147 Å². The van der Waals surface area contributed by atoms with Gasteiger partial charge in [-0.25, -0.2) is 4.79 Å². The highest BCUT2D eigenvalue weighted by Crippen LogP contribution is 2.57. The normalized spacial score (nSPS) is 19.5. The molecule has 0 aromatic heterocycles. The highest BCUT2D eigenvalue weighted by atomic mass is 16.5. The molecule has 2 unspecified atom stereocenters. The quantitative estimate of drug-likeness (QED) is 0.590. The lowest BCUT2D eigenvalue weighted by molar-refractivity contribution is -0.136. The fourth-order valence-electron chi connectivity index (χ4n) is 4.38. The summed E-state index contributed by atoms with van der Waals surface area (Å²) in [4.78, 5) is 12.6. The number of rotatable bonds is 1. The van der Waals surface area contributed by atoms with E-state index in [0.29, 0.717) is 5.57 Å². The molecule has 2 aromatic rings. The zero-order valence-corrected chi connectivity index (χ0v) is 14.1. The number of hydrogen-bond donors (Lipinski definition) is 0. The van der Waals surface area contributed by atoms with Crippen molar-refractivity contribution in [2.24, 2.45) is 0 Å². The number of ether oxygens (including phenoxy) is 1. The molecule has 0 aliphatic heterocycles. The molecule has 2 bridgehead atoms. The lowest BCUT2D eigenvalue weighted by Crippen LogP contribution is -2.32. The number of allylic oxidation sites excluding steroid dienone is 1. The maximum atomic E-state index is 12.6. The summed E-state index contributed by atoms with van der Waals surface area (Å²) in [5, 5.41) is 0. The number of terminal acetylenes is 2. The number of hydrogen-bond acceptors (Lipinski definition) is 2. The van der Waals surface area contributed by atoms with Crippen LogP contribution in [0.4, 0.5) is 0 Å². The zero-order chi connectivity index (χ0) is 17.7. The van der Waals surface area contributed by atoms with Crippen molar-refractivity contribution < 1.29 is 9.53 Å². The molecule has 120 valence electrons. The lowest BCUT2D eigenvalue weighted by atomic mass is 9.59. The van der Waals surface area contributed by atoms with E-state index in [0.717, 1.165) is 33.4 Å². The lowest BCUT2D eigenvalue weighted by Gasteiger charge is -2.43. The number of benzene rings is 2. The molecule has 5 rings (SSSR count). The van der Waals surface area contributed by atoms with Crippen LogP contribution < -0.4 is 0 Å². The van der Waals surface area contributed by atoms with Crippen molar-refractivity contribution in [1.82, 2.24) is 0 Å². The van der Waals surface area contributed by atoms with Crippen LogP contribution in [0.3, 0.4) is 0 Å². The molecule has 0 radical (unpaired) electrons. The highest BCUT2D eigenvalue weighted by molar-refractivity contribution is 5.95. The minimum absolute atomic E-state index is 0.0651. The molecular formula is C23H16O2. The van der Waals surface area contributed by atoms with Crippen LogP contribution in [0.1, 0.15) is 52.1 Å². The SMILES string of the molecule is C#Cc1ccc(C#C)c2c1C1C(C)=C(C(=O)OC)C2c2ccccc21. The summed E-state index contributed by atoms with van der Waals surface area (Å²) in [5.74, 6) is 4.96. The summed E-state index contributed by atoms with van der Waals surface area (Å²) in [6.07, 6.45) is 11.5. The first-order valence-electron chi connectivity index (χ1n) is 8.11. The molecule has 0 spiro atoms. The van der Waals surface area contributed by atoms with E-state index in [1.807, 2.05) is 31.2 Å². The van der Waals surface area contributed by atoms with Crippen LogP contribution in [0.5, 0.6) is 0 Å². The van der Waals surface area contributed by atoms with Crippen LogP contribution in [-0.2, 0) is 9.53 Å². The summed E-state index contributed by atoms with van der Waals surface area (Å²) in [7, 11) is 1.41. The van der Waals surface area contributed by atoms with E-state index >= 15 is 0 Å². The number of carbonyl (C=O) groups is 1. The molecule has 2 nitrogen and oxygen atoms in total. The Kier molecular flexibility index (Phi) is 3.31. The molecule has 3 aliphatic rings. The Hall–Kier alpha value is -3.23. The maximum absolute atomic E-state index is 12.6. The molecule has 0 amide bonds. The topological polar surface area (TPSA) is 26.3 Å². The van der Waals surface area contributed by atoms with Gasteiger partial charge in [-0.15, -0.1) is 12.8 Å². The van der Waals surface area contributed by atoms with Crippen molar-refractivity contribution >= 4 is 5.97 Å². The Bertz CT molecular complexity index is 1040. The fourth-order valence-corrected chi connectivity index (χ4v) is 4.38. The van der Waals surface area contributed by atoms with Gasteiger partial charge in [-0.1, -0.05) is 36.1 Å². The Morgan fingerprint density at radius 3 is 2.00 bits per heavy atom. The number of esters is 1. The van der Waals surface area contributed by atoms with E-state index in [1.165, 1.54) is 12.7 Å². The zero-order valence-electron chi connectivity index (χ0n) is 14.1. The summed E-state index contributed by atoms with van der Waals surface area (Å²) < 4.78 is 5.08. The second-order valence-electron chi connectivity index (χ2n) is 6.36. The van der Waals surface area contributed by atoms with Crippen molar-refractivity contribution in [3.63, 3.8) is 0 Å². The van der Waals surface area contributed by atoms with Crippen molar-refractivity contribution in [3.8, 4) is 24.7 Å². The number of carbonyl (C=O) groups excluding carboxylic acids is 1. The van der Waals surface area contributed by atoms with Gasteiger partial charge in [0.05, 0.1) is 7.11 Å². The Morgan fingerprint density at radius 2 is 1.48 bits per heavy atom. The standard InChI is InChI=1S/C23H16O2/c1-5-14-11-12-15(6-2)21-20(14)18-13(3)19(23(24)25-4)22(21)17-10-8-7-9-16(17)18/h1-2,7-12,18,22H,3-4H3. The third-order valence-corrected chi connectivity index (χ3v) is 5.35. The molecule has 0 saturated carbocycles. The predicted molar refractivity (Wildman–Crippen MR) is 97.2 cm³/mol. The largest absolute Gasteiger partial charge is 0.466 e. The molecule has 2 aromatic carbocycles. The molecular weight excluding hydrogens is 308 g/mol. The first-order chi connectivity index (χ1) is 12.1. The average Bonchev–Trinajstić information content (AvgIpc) is 2.66. The van der Waals surface area contributed by atoms with E-state index in [9.17, 15) is 4.79 Å². The third-order valence-electron chi connectivity index (χ3n) is 5.35. The van der Waals surface area contributed by atoms with Crippen molar-refractivity contribution in [2.45, 2.75) is 18.8 Å². The van der Waals surface area contributed by atoms with Gasteiger partial charge in [0.15, 0.2) is 0 Å². The van der Waals surface area contributed by atoms with Crippen LogP contribution in [0.25, 0.3) is 0 Å². The van der Waals surface area contributed by atoms with Gasteiger partial charge in [0.25, 0.3) is 0 Å². The molecule has 2 atom stereocenters. The van der Waals surface area contributed by atoms with Crippen LogP contribution in [0.2, 0.25) is 0 Å². The van der Waals surface area contributed by atoms with E-state index < -0.39 is 0 Å². The first-order valence-corrected chi connectivity index (χ1v) is 8.11. The highest BCUT2D eigenvalue weighted by Gasteiger charge is 2.45. The second-order valence-corrected chi connectivity index (χ2v) is 6.36. The maximum Gasteiger partial charge on any atom is 0.334 e. The van der Waals surface area contributed by atoms with E-state index in [1.54, 1.807) is 0 Å².